The first-order valence-electron chi connectivity index (χ1n) is 15.4. The van der Waals surface area contributed by atoms with Crippen LogP contribution in [-0.2, 0) is 13.0 Å². The average Bonchev–Trinajstić information content (AvgIpc) is 3.30. The van der Waals surface area contributed by atoms with Crippen molar-refractivity contribution in [3.63, 3.8) is 0 Å². The minimum Gasteiger partial charge on any atom is -0.493 e. The highest BCUT2D eigenvalue weighted by Gasteiger charge is 2.28. The van der Waals surface area contributed by atoms with Gasteiger partial charge in [-0.05, 0) is 80.4 Å². The maximum atomic E-state index is 13.3. The lowest BCUT2D eigenvalue weighted by atomic mass is 9.92. The van der Waals surface area contributed by atoms with Crippen LogP contribution >= 0.6 is 0 Å². The van der Waals surface area contributed by atoms with E-state index in [1.54, 1.807) is 0 Å². The van der Waals surface area contributed by atoms with Gasteiger partial charge in [-0.15, -0.1) is 0 Å². The first-order valence-corrected chi connectivity index (χ1v) is 15.4. The Labute approximate surface area is 245 Å². The van der Waals surface area contributed by atoms with Crippen molar-refractivity contribution in [2.45, 2.75) is 85.6 Å². The molecule has 0 fully saturated rings. The number of aromatic nitrogens is 1. The molecule has 222 valence electrons. The van der Waals surface area contributed by atoms with Gasteiger partial charge >= 0.3 is 0 Å². The van der Waals surface area contributed by atoms with Gasteiger partial charge in [0, 0.05) is 19.2 Å². The lowest BCUT2D eigenvalue weighted by Gasteiger charge is -2.19. The zero-order chi connectivity index (χ0) is 29.4. The van der Waals surface area contributed by atoms with Gasteiger partial charge < -0.3 is 24.2 Å². The number of amides is 1. The van der Waals surface area contributed by atoms with Crippen molar-refractivity contribution in [3.05, 3.63) is 52.7 Å². The number of nitrogens with zero attached hydrogens (tertiary/aromatic N) is 2. The van der Waals surface area contributed by atoms with E-state index in [1.807, 2.05) is 13.0 Å². The van der Waals surface area contributed by atoms with Crippen LogP contribution in [-0.4, -0.2) is 49.3 Å². The highest BCUT2D eigenvalue weighted by molar-refractivity contribution is 6.02. The van der Waals surface area contributed by atoms with E-state index in [0.29, 0.717) is 42.5 Å². The van der Waals surface area contributed by atoms with Crippen LogP contribution in [0.1, 0.15) is 99.8 Å². The number of benzene rings is 2. The van der Waals surface area contributed by atoms with E-state index in [0.717, 1.165) is 74.1 Å². The molecule has 1 amide bonds. The number of carbonyl (C=O) groups is 1. The molecule has 0 atom stereocenters. The Kier molecular flexibility index (Phi) is 10.9. The van der Waals surface area contributed by atoms with Gasteiger partial charge in [-0.3, -0.25) is 4.79 Å². The minimum absolute atomic E-state index is 0.216. The fourth-order valence-corrected chi connectivity index (χ4v) is 5.32. The molecule has 7 heteroatoms. The van der Waals surface area contributed by atoms with Crippen LogP contribution in [0.4, 0.5) is 0 Å². The highest BCUT2D eigenvalue weighted by Crippen LogP contribution is 2.44. The molecule has 0 saturated carbocycles. The van der Waals surface area contributed by atoms with E-state index < -0.39 is 0 Å². The van der Waals surface area contributed by atoms with Gasteiger partial charge in [-0.2, -0.15) is 0 Å². The number of ether oxygens (including phenoxy) is 2. The predicted octanol–water partition coefficient (Wildman–Crippen LogP) is 7.62. The topological polar surface area (TPSA) is 76.8 Å². The van der Waals surface area contributed by atoms with Crippen LogP contribution in [0.2, 0.25) is 0 Å². The molecular formula is C34H47N3O4. The van der Waals surface area contributed by atoms with Gasteiger partial charge in [0.1, 0.15) is 11.5 Å². The van der Waals surface area contributed by atoms with E-state index in [2.05, 4.69) is 74.4 Å². The Hall–Kier alpha value is -3.32. The molecular weight excluding hydrogens is 514 g/mol. The van der Waals surface area contributed by atoms with Crippen molar-refractivity contribution in [1.29, 1.82) is 0 Å². The largest absolute Gasteiger partial charge is 0.493 e. The van der Waals surface area contributed by atoms with Crippen LogP contribution in [0.25, 0.3) is 22.5 Å². The molecule has 1 aliphatic heterocycles. The van der Waals surface area contributed by atoms with Crippen molar-refractivity contribution >= 4 is 5.91 Å². The number of rotatable bonds is 13. The molecule has 0 spiro atoms. The van der Waals surface area contributed by atoms with Crippen LogP contribution in [0.3, 0.4) is 0 Å². The Morgan fingerprint density at radius 1 is 1.02 bits per heavy atom. The second-order valence-corrected chi connectivity index (χ2v) is 11.4. The number of hydrogen-bond donors (Lipinski definition) is 1. The normalized spacial score (nSPS) is 13.6. The quantitative estimate of drug-likeness (QED) is 0.216. The van der Waals surface area contributed by atoms with Gasteiger partial charge in [-0.25, -0.2) is 0 Å². The molecule has 4 rings (SSSR count). The highest BCUT2D eigenvalue weighted by atomic mass is 16.5. The molecule has 0 unspecified atom stereocenters. The van der Waals surface area contributed by atoms with Crippen LogP contribution < -0.4 is 14.8 Å². The van der Waals surface area contributed by atoms with Crippen LogP contribution in [0.15, 0.2) is 34.9 Å². The van der Waals surface area contributed by atoms with Crippen molar-refractivity contribution in [2.75, 3.05) is 33.4 Å². The zero-order valence-corrected chi connectivity index (χ0v) is 25.8. The van der Waals surface area contributed by atoms with E-state index in [9.17, 15) is 4.79 Å². The van der Waals surface area contributed by atoms with E-state index in [1.165, 1.54) is 11.1 Å². The molecule has 0 saturated heterocycles. The average molecular weight is 562 g/mol. The van der Waals surface area contributed by atoms with E-state index >= 15 is 0 Å². The molecule has 2 heterocycles. The van der Waals surface area contributed by atoms with Crippen molar-refractivity contribution in [1.82, 2.24) is 15.4 Å². The van der Waals surface area contributed by atoms with Gasteiger partial charge in [0.25, 0.3) is 5.91 Å². The summed E-state index contributed by atoms with van der Waals surface area (Å²) in [7, 11) is 2.16. The summed E-state index contributed by atoms with van der Waals surface area (Å²) < 4.78 is 18.7. The number of nitrogens with one attached hydrogen (secondary N) is 1. The zero-order valence-electron chi connectivity index (χ0n) is 25.8. The lowest BCUT2D eigenvalue weighted by Crippen LogP contribution is -2.23. The van der Waals surface area contributed by atoms with Gasteiger partial charge in [0.2, 0.25) is 0 Å². The number of aryl methyl sites for hydroxylation is 1. The molecule has 0 radical (unpaired) electrons. The Morgan fingerprint density at radius 3 is 2.44 bits per heavy atom. The summed E-state index contributed by atoms with van der Waals surface area (Å²) in [6.45, 7) is 14.3. The second-order valence-electron chi connectivity index (χ2n) is 11.4. The molecule has 3 aromatic rings. The standard InChI is InChI=1S/C34H47N3O4/c1-7-10-17-39-29-21-30(40-18-11-8-2)28(20-27(29)23(4)5)33-31(32(36-41-33)34(38)35-9-3)25-14-15-26-22-37(6)16-12-13-24(26)19-25/h14-15,19-21,23H,7-13,16-18,22H2,1-6H3,(H,35,38). The summed E-state index contributed by atoms with van der Waals surface area (Å²) in [6, 6.07) is 10.6. The third-order valence-electron chi connectivity index (χ3n) is 7.66. The smallest absolute Gasteiger partial charge is 0.274 e. The summed E-state index contributed by atoms with van der Waals surface area (Å²) in [5, 5.41) is 7.26. The number of hydrogen-bond acceptors (Lipinski definition) is 6. The van der Waals surface area contributed by atoms with E-state index in [-0.39, 0.29) is 11.8 Å². The molecule has 1 N–H and O–H groups in total. The fraction of sp³-hybridized carbons (Fsp3) is 0.529. The predicted molar refractivity (Wildman–Crippen MR) is 165 cm³/mol. The Morgan fingerprint density at radius 2 is 1.76 bits per heavy atom. The molecule has 1 aromatic heterocycles. The van der Waals surface area contributed by atoms with Crippen molar-refractivity contribution < 1.29 is 18.8 Å². The summed E-state index contributed by atoms with van der Waals surface area (Å²) in [6.07, 6.45) is 6.11. The third-order valence-corrected chi connectivity index (χ3v) is 7.66. The Bertz CT molecular complexity index is 1310. The Balaban J connectivity index is 1.90. The van der Waals surface area contributed by atoms with Gasteiger partial charge in [-0.1, -0.05) is 63.9 Å². The van der Waals surface area contributed by atoms with Crippen molar-refractivity contribution in [3.8, 4) is 33.9 Å². The molecule has 7 nitrogen and oxygen atoms in total. The van der Waals surface area contributed by atoms with Crippen LogP contribution in [0.5, 0.6) is 11.5 Å². The maximum absolute atomic E-state index is 13.3. The maximum Gasteiger partial charge on any atom is 0.274 e. The first-order chi connectivity index (χ1) is 19.9. The number of fused-ring (bicyclic) bond motifs is 1. The molecule has 41 heavy (non-hydrogen) atoms. The van der Waals surface area contributed by atoms with Gasteiger partial charge in [0.15, 0.2) is 11.5 Å². The van der Waals surface area contributed by atoms with Crippen molar-refractivity contribution in [2.24, 2.45) is 0 Å². The monoisotopic (exact) mass is 561 g/mol. The molecule has 0 bridgehead atoms. The third kappa shape index (κ3) is 7.31. The lowest BCUT2D eigenvalue weighted by molar-refractivity contribution is 0.0947. The second kappa shape index (κ2) is 14.5. The molecule has 0 aliphatic carbocycles. The summed E-state index contributed by atoms with van der Waals surface area (Å²) in [5.74, 6) is 2.04. The summed E-state index contributed by atoms with van der Waals surface area (Å²) >= 11 is 0. The fourth-order valence-electron chi connectivity index (χ4n) is 5.32. The number of unbranched alkanes of at least 4 members (excludes halogenated alkanes) is 2. The van der Waals surface area contributed by atoms with E-state index in [4.69, 9.17) is 14.0 Å². The summed E-state index contributed by atoms with van der Waals surface area (Å²) in [4.78, 5) is 15.6. The minimum atomic E-state index is -0.246. The van der Waals surface area contributed by atoms with Crippen LogP contribution in [0, 0.1) is 0 Å². The van der Waals surface area contributed by atoms with Gasteiger partial charge in [0.05, 0.1) is 24.3 Å². The summed E-state index contributed by atoms with van der Waals surface area (Å²) in [5.41, 5.74) is 6.42. The first kappa shape index (κ1) is 30.6. The molecule has 1 aliphatic rings. The SMILES string of the molecule is CCCCOc1cc(OCCCC)c(C(C)C)cc1-c1onc(C(=O)NCC)c1-c1ccc2c(c1)CCCN(C)C2. The number of carbonyl (C=O) groups excluding carboxylic acids is 1. The molecule has 2 aromatic carbocycles.